The molecule has 5 heteroatoms. The van der Waals surface area contributed by atoms with Crippen LogP contribution in [0.5, 0.6) is 0 Å². The summed E-state index contributed by atoms with van der Waals surface area (Å²) in [5.41, 5.74) is 1.01. The van der Waals surface area contributed by atoms with Crippen molar-refractivity contribution in [3.63, 3.8) is 0 Å². The molecule has 2 atom stereocenters. The first-order valence-electron chi connectivity index (χ1n) is 7.73. The van der Waals surface area contributed by atoms with Crippen LogP contribution in [0.3, 0.4) is 0 Å². The Hall–Kier alpha value is -2.04. The molecule has 2 aliphatic rings. The second-order valence-electron chi connectivity index (χ2n) is 6.11. The van der Waals surface area contributed by atoms with Gasteiger partial charge in [-0.1, -0.05) is 18.9 Å². The SMILES string of the molecule is O=C(O)c1c(N2CCC3CCCCC32)nc2ccccn12. The smallest absolute Gasteiger partial charge is 0.356 e. The van der Waals surface area contributed by atoms with Crippen molar-refractivity contribution in [3.8, 4) is 0 Å². The van der Waals surface area contributed by atoms with Gasteiger partial charge in [0, 0.05) is 18.8 Å². The first-order chi connectivity index (χ1) is 10.3. The van der Waals surface area contributed by atoms with Gasteiger partial charge in [0.05, 0.1) is 0 Å². The summed E-state index contributed by atoms with van der Waals surface area (Å²) in [6, 6.07) is 6.08. The van der Waals surface area contributed by atoms with Crippen LogP contribution in [0.4, 0.5) is 5.82 Å². The third-order valence-corrected chi connectivity index (χ3v) is 5.00. The van der Waals surface area contributed by atoms with Crippen molar-refractivity contribution in [1.29, 1.82) is 0 Å². The highest BCUT2D eigenvalue weighted by molar-refractivity contribution is 5.93. The van der Waals surface area contributed by atoms with E-state index < -0.39 is 5.97 Å². The number of pyridine rings is 1. The number of rotatable bonds is 2. The summed E-state index contributed by atoms with van der Waals surface area (Å²) >= 11 is 0. The van der Waals surface area contributed by atoms with E-state index in [4.69, 9.17) is 0 Å². The van der Waals surface area contributed by atoms with Gasteiger partial charge in [0.25, 0.3) is 0 Å². The zero-order chi connectivity index (χ0) is 14.4. The van der Waals surface area contributed by atoms with Gasteiger partial charge < -0.3 is 10.0 Å². The van der Waals surface area contributed by atoms with Crippen molar-refractivity contribution < 1.29 is 9.90 Å². The van der Waals surface area contributed by atoms with Crippen molar-refractivity contribution in [3.05, 3.63) is 30.1 Å². The quantitative estimate of drug-likeness (QED) is 0.921. The lowest BCUT2D eigenvalue weighted by Gasteiger charge is -2.32. The number of carboxylic acids is 1. The molecule has 2 fully saturated rings. The molecule has 5 nitrogen and oxygen atoms in total. The Balaban J connectivity index is 1.82. The lowest BCUT2D eigenvalue weighted by Crippen LogP contribution is -2.35. The second-order valence-corrected chi connectivity index (χ2v) is 6.11. The van der Waals surface area contributed by atoms with E-state index in [-0.39, 0.29) is 0 Å². The van der Waals surface area contributed by atoms with Gasteiger partial charge in [-0.15, -0.1) is 0 Å². The van der Waals surface area contributed by atoms with E-state index in [1.54, 1.807) is 10.6 Å². The maximum absolute atomic E-state index is 11.7. The van der Waals surface area contributed by atoms with Gasteiger partial charge in [-0.05, 0) is 37.3 Å². The number of hydrogen-bond acceptors (Lipinski definition) is 3. The topological polar surface area (TPSA) is 57.8 Å². The molecule has 110 valence electrons. The molecule has 1 saturated heterocycles. The number of carboxylic acid groups (broad SMARTS) is 1. The van der Waals surface area contributed by atoms with Crippen molar-refractivity contribution in [1.82, 2.24) is 9.38 Å². The average molecular weight is 285 g/mol. The molecule has 0 bridgehead atoms. The van der Waals surface area contributed by atoms with E-state index in [2.05, 4.69) is 9.88 Å². The first-order valence-corrected chi connectivity index (χ1v) is 7.73. The van der Waals surface area contributed by atoms with Crippen molar-refractivity contribution in [2.75, 3.05) is 11.4 Å². The largest absolute Gasteiger partial charge is 0.476 e. The number of aromatic carboxylic acids is 1. The molecule has 21 heavy (non-hydrogen) atoms. The van der Waals surface area contributed by atoms with Crippen molar-refractivity contribution in [2.24, 2.45) is 5.92 Å². The fourth-order valence-electron chi connectivity index (χ4n) is 4.05. The summed E-state index contributed by atoms with van der Waals surface area (Å²) in [5.74, 6) is 0.469. The molecule has 1 saturated carbocycles. The van der Waals surface area contributed by atoms with E-state index in [0.29, 0.717) is 29.1 Å². The molecule has 0 spiro atoms. The molecular weight excluding hydrogens is 266 g/mol. The standard InChI is InChI=1S/C16H19N3O2/c20-16(21)14-15(17-13-7-3-4-9-19(13)14)18-10-8-11-5-1-2-6-12(11)18/h3-4,7,9,11-12H,1-2,5-6,8,10H2,(H,20,21). The molecule has 0 amide bonds. The molecule has 1 N–H and O–H groups in total. The highest BCUT2D eigenvalue weighted by atomic mass is 16.4. The number of imidazole rings is 1. The first kappa shape index (κ1) is 12.7. The van der Waals surface area contributed by atoms with E-state index in [1.807, 2.05) is 18.2 Å². The van der Waals surface area contributed by atoms with Crippen LogP contribution in [0.1, 0.15) is 42.6 Å². The minimum atomic E-state index is -0.900. The van der Waals surface area contributed by atoms with Gasteiger partial charge >= 0.3 is 5.97 Å². The number of carbonyl (C=O) groups is 1. The Morgan fingerprint density at radius 2 is 2.10 bits per heavy atom. The molecule has 0 radical (unpaired) electrons. The van der Waals surface area contributed by atoms with Crippen LogP contribution in [0, 0.1) is 5.92 Å². The minimum Gasteiger partial charge on any atom is -0.476 e. The van der Waals surface area contributed by atoms with Crippen LogP contribution in [0.25, 0.3) is 5.65 Å². The van der Waals surface area contributed by atoms with Gasteiger partial charge in [-0.3, -0.25) is 4.40 Å². The van der Waals surface area contributed by atoms with Crippen LogP contribution in [0.2, 0.25) is 0 Å². The second kappa shape index (κ2) is 4.76. The summed E-state index contributed by atoms with van der Waals surface area (Å²) in [6.45, 7) is 0.930. The normalized spacial score (nSPS) is 25.2. The Bertz CT molecular complexity index is 694. The summed E-state index contributed by atoms with van der Waals surface area (Å²) in [5, 5.41) is 9.62. The van der Waals surface area contributed by atoms with E-state index in [0.717, 1.165) is 19.4 Å². The van der Waals surface area contributed by atoms with E-state index >= 15 is 0 Å². The Kier molecular flexibility index (Phi) is 2.87. The molecule has 2 unspecified atom stereocenters. The van der Waals surface area contributed by atoms with Gasteiger partial charge in [0.15, 0.2) is 11.5 Å². The zero-order valence-corrected chi connectivity index (χ0v) is 11.9. The third kappa shape index (κ3) is 1.91. The predicted octanol–water partition coefficient (Wildman–Crippen LogP) is 2.80. The van der Waals surface area contributed by atoms with Crippen molar-refractivity contribution >= 4 is 17.4 Å². The highest BCUT2D eigenvalue weighted by Crippen LogP contribution is 2.39. The average Bonchev–Trinajstić information content (AvgIpc) is 3.08. The van der Waals surface area contributed by atoms with Gasteiger partial charge in [0.1, 0.15) is 5.65 Å². The van der Waals surface area contributed by atoms with Crippen LogP contribution >= 0.6 is 0 Å². The lowest BCUT2D eigenvalue weighted by atomic mass is 9.85. The zero-order valence-electron chi connectivity index (χ0n) is 11.9. The maximum atomic E-state index is 11.7. The molecule has 2 aromatic rings. The Labute approximate surface area is 123 Å². The molecule has 1 aliphatic carbocycles. The minimum absolute atomic E-state index is 0.303. The van der Waals surface area contributed by atoms with Crippen molar-refractivity contribution in [2.45, 2.75) is 38.1 Å². The fourth-order valence-corrected chi connectivity index (χ4v) is 4.05. The lowest BCUT2D eigenvalue weighted by molar-refractivity contribution is 0.0690. The molecule has 2 aromatic heterocycles. The molecule has 4 rings (SSSR count). The van der Waals surface area contributed by atoms with Gasteiger partial charge in [0.2, 0.25) is 0 Å². The van der Waals surface area contributed by atoms with Crippen LogP contribution in [-0.4, -0.2) is 33.0 Å². The van der Waals surface area contributed by atoms with Crippen LogP contribution < -0.4 is 4.90 Å². The number of anilines is 1. The predicted molar refractivity (Wildman–Crippen MR) is 79.9 cm³/mol. The Morgan fingerprint density at radius 1 is 1.24 bits per heavy atom. The fraction of sp³-hybridized carbons (Fsp3) is 0.500. The summed E-state index contributed by atoms with van der Waals surface area (Å²) in [6.07, 6.45) is 7.94. The van der Waals surface area contributed by atoms with E-state index in [1.165, 1.54) is 19.3 Å². The van der Waals surface area contributed by atoms with E-state index in [9.17, 15) is 9.90 Å². The molecule has 0 aromatic carbocycles. The maximum Gasteiger partial charge on any atom is 0.356 e. The highest BCUT2D eigenvalue weighted by Gasteiger charge is 2.38. The Morgan fingerprint density at radius 3 is 2.95 bits per heavy atom. The molecule has 3 heterocycles. The van der Waals surface area contributed by atoms with Gasteiger partial charge in [-0.25, -0.2) is 9.78 Å². The summed E-state index contributed by atoms with van der Waals surface area (Å²) in [7, 11) is 0. The molecular formula is C16H19N3O2. The number of aromatic nitrogens is 2. The summed E-state index contributed by atoms with van der Waals surface area (Å²) in [4.78, 5) is 18.6. The number of nitrogens with zero attached hydrogens (tertiary/aromatic N) is 3. The van der Waals surface area contributed by atoms with Crippen LogP contribution in [-0.2, 0) is 0 Å². The third-order valence-electron chi connectivity index (χ3n) is 5.00. The van der Waals surface area contributed by atoms with Crippen LogP contribution in [0.15, 0.2) is 24.4 Å². The monoisotopic (exact) mass is 285 g/mol. The number of fused-ring (bicyclic) bond motifs is 2. The number of hydrogen-bond donors (Lipinski definition) is 1. The molecule has 1 aliphatic heterocycles. The summed E-state index contributed by atoms with van der Waals surface area (Å²) < 4.78 is 1.69. The van der Waals surface area contributed by atoms with Gasteiger partial charge in [-0.2, -0.15) is 0 Å².